The van der Waals surface area contributed by atoms with E-state index in [4.69, 9.17) is 17.3 Å². The van der Waals surface area contributed by atoms with Crippen molar-refractivity contribution in [3.8, 4) is 0 Å². The summed E-state index contributed by atoms with van der Waals surface area (Å²) in [6, 6.07) is 10.0. The van der Waals surface area contributed by atoms with Crippen LogP contribution in [0.5, 0.6) is 0 Å². The topological polar surface area (TPSA) is 84.2 Å². The molecular weight excluding hydrogens is 310 g/mol. The molecule has 0 aliphatic carbocycles. The van der Waals surface area contributed by atoms with E-state index in [2.05, 4.69) is 10.0 Å². The fourth-order valence-electron chi connectivity index (χ4n) is 1.83. The lowest BCUT2D eigenvalue weighted by molar-refractivity contribution is 0.588. The Balaban J connectivity index is 2.37. The maximum Gasteiger partial charge on any atom is 0.240 e. The Hall–Kier alpha value is -1.76. The van der Waals surface area contributed by atoms with Crippen LogP contribution in [-0.4, -0.2) is 15.5 Å². The van der Waals surface area contributed by atoms with Gasteiger partial charge in [-0.2, -0.15) is 0 Å². The van der Waals surface area contributed by atoms with Gasteiger partial charge in [0.25, 0.3) is 0 Å². The van der Waals surface area contributed by atoms with Crippen LogP contribution in [0.3, 0.4) is 0 Å². The summed E-state index contributed by atoms with van der Waals surface area (Å²) in [7, 11) is -2.15. The molecule has 2 aromatic rings. The van der Waals surface area contributed by atoms with E-state index in [1.54, 1.807) is 12.1 Å². The normalized spacial score (nSPS) is 11.4. The van der Waals surface area contributed by atoms with E-state index in [0.29, 0.717) is 16.4 Å². The van der Waals surface area contributed by atoms with Crippen LogP contribution in [-0.2, 0) is 10.0 Å². The van der Waals surface area contributed by atoms with Gasteiger partial charge >= 0.3 is 0 Å². The zero-order chi connectivity index (χ0) is 15.6. The Morgan fingerprint density at radius 3 is 2.48 bits per heavy atom. The number of nitrogen functional groups attached to an aromatic ring is 1. The second-order valence-corrected chi connectivity index (χ2v) is 6.79. The zero-order valence-corrected chi connectivity index (χ0v) is 13.2. The Bertz CT molecular complexity index is 776. The van der Waals surface area contributed by atoms with Gasteiger partial charge in [-0.3, -0.25) is 0 Å². The summed E-state index contributed by atoms with van der Waals surface area (Å²) in [5.41, 5.74) is 8.59. The van der Waals surface area contributed by atoms with Crippen molar-refractivity contribution in [2.45, 2.75) is 11.8 Å². The molecule has 2 aromatic carbocycles. The predicted octanol–water partition coefficient (Wildman–Crippen LogP) is 2.88. The van der Waals surface area contributed by atoms with Gasteiger partial charge in [0.15, 0.2) is 0 Å². The molecular formula is C14H16ClN3O2S. The molecule has 0 aromatic heterocycles. The lowest BCUT2D eigenvalue weighted by atomic mass is 10.2. The third kappa shape index (κ3) is 3.29. The van der Waals surface area contributed by atoms with Gasteiger partial charge in [0.2, 0.25) is 10.0 Å². The minimum atomic E-state index is -3.50. The fraction of sp³-hybridized carbons (Fsp3) is 0.143. The van der Waals surface area contributed by atoms with Gasteiger partial charge in [-0.1, -0.05) is 17.7 Å². The molecule has 5 nitrogen and oxygen atoms in total. The molecule has 0 saturated heterocycles. The lowest BCUT2D eigenvalue weighted by Gasteiger charge is -2.13. The first-order valence-electron chi connectivity index (χ1n) is 6.20. The Morgan fingerprint density at radius 1 is 1.14 bits per heavy atom. The second kappa shape index (κ2) is 5.93. The summed E-state index contributed by atoms with van der Waals surface area (Å²) in [6.45, 7) is 1.89. The van der Waals surface area contributed by atoms with Gasteiger partial charge in [-0.15, -0.1) is 0 Å². The third-order valence-corrected chi connectivity index (χ3v) is 4.96. The third-order valence-electron chi connectivity index (χ3n) is 3.14. The van der Waals surface area contributed by atoms with E-state index in [0.717, 1.165) is 11.3 Å². The summed E-state index contributed by atoms with van der Waals surface area (Å²) < 4.78 is 25.7. The molecule has 0 aliphatic rings. The van der Waals surface area contributed by atoms with Crippen molar-refractivity contribution >= 4 is 38.7 Å². The van der Waals surface area contributed by atoms with E-state index in [9.17, 15) is 8.42 Å². The molecule has 0 saturated carbocycles. The molecule has 0 unspecified atom stereocenters. The van der Waals surface area contributed by atoms with Crippen LogP contribution in [0.15, 0.2) is 41.3 Å². The molecule has 21 heavy (non-hydrogen) atoms. The summed E-state index contributed by atoms with van der Waals surface area (Å²) in [5.74, 6) is 0. The van der Waals surface area contributed by atoms with Crippen molar-refractivity contribution < 1.29 is 8.42 Å². The van der Waals surface area contributed by atoms with Crippen LogP contribution in [0.4, 0.5) is 17.1 Å². The van der Waals surface area contributed by atoms with Gasteiger partial charge in [-0.05, 0) is 49.9 Å². The first-order chi connectivity index (χ1) is 9.85. The first-order valence-corrected chi connectivity index (χ1v) is 8.06. The number of halogens is 1. The second-order valence-electron chi connectivity index (χ2n) is 4.49. The average molecular weight is 326 g/mol. The molecule has 2 rings (SSSR count). The minimum Gasteiger partial charge on any atom is -0.397 e. The molecule has 7 heteroatoms. The zero-order valence-electron chi connectivity index (χ0n) is 11.6. The number of rotatable bonds is 4. The standard InChI is InChI=1S/C14H16ClN3O2S/c1-9-11(15)4-3-5-13(9)18-14-7-6-10(8-12(14)16)21(19,20)17-2/h3-8,17-18H,16H2,1-2H3. The molecule has 0 aliphatic heterocycles. The van der Waals surface area contributed by atoms with E-state index in [1.807, 2.05) is 19.1 Å². The molecule has 0 spiro atoms. The molecule has 0 fully saturated rings. The number of anilines is 3. The van der Waals surface area contributed by atoms with Gasteiger partial charge in [-0.25, -0.2) is 13.1 Å². The molecule has 4 N–H and O–H groups in total. The lowest BCUT2D eigenvalue weighted by Crippen LogP contribution is -2.18. The van der Waals surface area contributed by atoms with Crippen LogP contribution in [0.2, 0.25) is 5.02 Å². The summed E-state index contributed by atoms with van der Waals surface area (Å²) in [5, 5.41) is 3.80. The number of nitrogens with one attached hydrogen (secondary N) is 2. The van der Waals surface area contributed by atoms with Crippen LogP contribution in [0.1, 0.15) is 5.56 Å². The highest BCUT2D eigenvalue weighted by atomic mass is 35.5. The van der Waals surface area contributed by atoms with Crippen LogP contribution in [0.25, 0.3) is 0 Å². The maximum absolute atomic E-state index is 11.7. The Labute approximate surface area is 129 Å². The molecule has 0 radical (unpaired) electrons. The van der Waals surface area contributed by atoms with E-state index in [-0.39, 0.29) is 4.90 Å². The SMILES string of the molecule is CNS(=O)(=O)c1ccc(Nc2cccc(Cl)c2C)c(N)c1. The summed E-state index contributed by atoms with van der Waals surface area (Å²) in [6.07, 6.45) is 0. The minimum absolute atomic E-state index is 0.121. The largest absolute Gasteiger partial charge is 0.397 e. The highest BCUT2D eigenvalue weighted by Gasteiger charge is 2.13. The van der Waals surface area contributed by atoms with Crippen molar-refractivity contribution in [2.24, 2.45) is 0 Å². The quantitative estimate of drug-likeness (QED) is 0.755. The number of benzene rings is 2. The predicted molar refractivity (Wildman–Crippen MR) is 86.6 cm³/mol. The molecule has 0 amide bonds. The first kappa shape index (κ1) is 15.6. The van der Waals surface area contributed by atoms with Crippen molar-refractivity contribution in [1.82, 2.24) is 4.72 Å². The average Bonchev–Trinajstić information content (AvgIpc) is 2.45. The van der Waals surface area contributed by atoms with Crippen LogP contribution in [0, 0.1) is 6.92 Å². The number of sulfonamides is 1. The van der Waals surface area contributed by atoms with E-state index in [1.165, 1.54) is 19.2 Å². The summed E-state index contributed by atoms with van der Waals surface area (Å²) >= 11 is 6.06. The Kier molecular flexibility index (Phi) is 4.41. The number of hydrogen-bond donors (Lipinski definition) is 3. The molecule has 0 atom stereocenters. The molecule has 0 heterocycles. The van der Waals surface area contributed by atoms with E-state index >= 15 is 0 Å². The molecule has 0 bridgehead atoms. The van der Waals surface area contributed by atoms with Gasteiger partial charge in [0.05, 0.1) is 16.3 Å². The fourth-order valence-corrected chi connectivity index (χ4v) is 2.77. The number of nitrogens with two attached hydrogens (primary N) is 1. The van der Waals surface area contributed by atoms with Gasteiger partial charge in [0, 0.05) is 10.7 Å². The van der Waals surface area contributed by atoms with Gasteiger partial charge < -0.3 is 11.1 Å². The monoisotopic (exact) mass is 325 g/mol. The Morgan fingerprint density at radius 2 is 1.86 bits per heavy atom. The van der Waals surface area contributed by atoms with Crippen molar-refractivity contribution in [1.29, 1.82) is 0 Å². The highest BCUT2D eigenvalue weighted by molar-refractivity contribution is 7.89. The van der Waals surface area contributed by atoms with Crippen molar-refractivity contribution in [3.05, 3.63) is 47.0 Å². The smallest absolute Gasteiger partial charge is 0.240 e. The number of hydrogen-bond acceptors (Lipinski definition) is 4. The molecule has 112 valence electrons. The van der Waals surface area contributed by atoms with Gasteiger partial charge in [0.1, 0.15) is 0 Å². The maximum atomic E-state index is 11.7. The van der Waals surface area contributed by atoms with Crippen LogP contribution >= 0.6 is 11.6 Å². The van der Waals surface area contributed by atoms with Crippen molar-refractivity contribution in [2.75, 3.05) is 18.1 Å². The van der Waals surface area contributed by atoms with E-state index < -0.39 is 10.0 Å². The highest BCUT2D eigenvalue weighted by Crippen LogP contribution is 2.30. The van der Waals surface area contributed by atoms with Crippen LogP contribution < -0.4 is 15.8 Å². The summed E-state index contributed by atoms with van der Waals surface area (Å²) in [4.78, 5) is 0.121. The van der Waals surface area contributed by atoms with Crippen molar-refractivity contribution in [3.63, 3.8) is 0 Å².